The maximum Gasteiger partial charge on any atom is 0.418 e. The van der Waals surface area contributed by atoms with Gasteiger partial charge in [-0.25, -0.2) is 0 Å². The molecule has 0 fully saturated rings. The topological polar surface area (TPSA) is 38.0 Å². The van der Waals surface area contributed by atoms with E-state index < -0.39 is 11.7 Å². The van der Waals surface area contributed by atoms with Gasteiger partial charge in [-0.05, 0) is 24.1 Å². The first-order chi connectivity index (χ1) is 8.21. The molecule has 0 aliphatic rings. The Hall–Kier alpha value is -0.750. The molecular formula is C12H16BrF3N2. The molecule has 0 spiro atoms. The van der Waals surface area contributed by atoms with Crippen LogP contribution in [0.5, 0.6) is 0 Å². The number of rotatable bonds is 4. The Morgan fingerprint density at radius 1 is 1.33 bits per heavy atom. The van der Waals surface area contributed by atoms with E-state index in [4.69, 9.17) is 5.73 Å². The van der Waals surface area contributed by atoms with Crippen molar-refractivity contribution in [3.05, 3.63) is 28.2 Å². The second kappa shape index (κ2) is 5.93. The first-order valence-corrected chi connectivity index (χ1v) is 6.37. The molecule has 0 bridgehead atoms. The van der Waals surface area contributed by atoms with Crippen LogP contribution in [0.25, 0.3) is 0 Å². The van der Waals surface area contributed by atoms with Gasteiger partial charge in [0.15, 0.2) is 0 Å². The zero-order chi connectivity index (χ0) is 13.9. The third-order valence-corrected chi connectivity index (χ3v) is 3.16. The largest absolute Gasteiger partial charge is 0.418 e. The van der Waals surface area contributed by atoms with Gasteiger partial charge < -0.3 is 11.1 Å². The van der Waals surface area contributed by atoms with Crippen LogP contribution in [0.15, 0.2) is 22.7 Å². The Kier molecular flexibility index (Phi) is 5.04. The molecule has 0 heterocycles. The summed E-state index contributed by atoms with van der Waals surface area (Å²) in [5.41, 5.74) is 5.18. The highest BCUT2D eigenvalue weighted by Crippen LogP contribution is 2.36. The number of halogens is 4. The van der Waals surface area contributed by atoms with Crippen LogP contribution in [0.2, 0.25) is 0 Å². The van der Waals surface area contributed by atoms with Gasteiger partial charge in [-0.3, -0.25) is 0 Å². The zero-order valence-electron chi connectivity index (χ0n) is 10.2. The van der Waals surface area contributed by atoms with Gasteiger partial charge in [-0.1, -0.05) is 29.8 Å². The number of nitrogens with one attached hydrogen (secondary N) is 1. The van der Waals surface area contributed by atoms with Crippen molar-refractivity contribution in [3.8, 4) is 0 Å². The molecule has 0 radical (unpaired) electrons. The van der Waals surface area contributed by atoms with Crippen molar-refractivity contribution < 1.29 is 13.2 Å². The number of benzene rings is 1. The third-order valence-electron chi connectivity index (χ3n) is 2.67. The van der Waals surface area contributed by atoms with Gasteiger partial charge in [0.1, 0.15) is 0 Å². The monoisotopic (exact) mass is 324 g/mol. The van der Waals surface area contributed by atoms with E-state index in [9.17, 15) is 13.2 Å². The van der Waals surface area contributed by atoms with Gasteiger partial charge in [0.2, 0.25) is 0 Å². The van der Waals surface area contributed by atoms with Crippen LogP contribution >= 0.6 is 15.9 Å². The lowest BCUT2D eigenvalue weighted by molar-refractivity contribution is -0.137. The molecule has 0 saturated heterocycles. The smallest absolute Gasteiger partial charge is 0.383 e. The van der Waals surface area contributed by atoms with Gasteiger partial charge in [-0.15, -0.1) is 0 Å². The fourth-order valence-electron chi connectivity index (χ4n) is 1.37. The zero-order valence-corrected chi connectivity index (χ0v) is 11.8. The average molecular weight is 325 g/mol. The Bertz CT molecular complexity index is 405. The highest BCUT2D eigenvalue weighted by Gasteiger charge is 2.33. The highest BCUT2D eigenvalue weighted by molar-refractivity contribution is 9.10. The van der Waals surface area contributed by atoms with Crippen LogP contribution < -0.4 is 11.1 Å². The summed E-state index contributed by atoms with van der Waals surface area (Å²) in [4.78, 5) is 0. The van der Waals surface area contributed by atoms with E-state index in [1.54, 1.807) is 0 Å². The predicted molar refractivity (Wildman–Crippen MR) is 70.4 cm³/mol. The molecule has 3 N–H and O–H groups in total. The number of anilines is 1. The molecule has 0 aliphatic carbocycles. The fraction of sp³-hybridized carbons (Fsp3) is 0.500. The van der Waals surface area contributed by atoms with Gasteiger partial charge in [0.25, 0.3) is 0 Å². The van der Waals surface area contributed by atoms with Gasteiger partial charge in [0, 0.05) is 22.7 Å². The van der Waals surface area contributed by atoms with Crippen LogP contribution in [0, 0.1) is 5.92 Å². The quantitative estimate of drug-likeness (QED) is 0.882. The van der Waals surface area contributed by atoms with Gasteiger partial charge in [0.05, 0.1) is 5.56 Å². The lowest BCUT2D eigenvalue weighted by Gasteiger charge is -2.19. The summed E-state index contributed by atoms with van der Waals surface area (Å²) in [6, 6.07) is 3.64. The van der Waals surface area contributed by atoms with Gasteiger partial charge >= 0.3 is 6.18 Å². The molecule has 1 aromatic rings. The lowest BCUT2D eigenvalue weighted by Crippen LogP contribution is -2.34. The maximum absolute atomic E-state index is 12.8. The average Bonchev–Trinajstić information content (AvgIpc) is 2.23. The highest BCUT2D eigenvalue weighted by atomic mass is 79.9. The van der Waals surface area contributed by atoms with Crippen LogP contribution in [-0.2, 0) is 6.18 Å². The molecule has 1 unspecified atom stereocenters. The van der Waals surface area contributed by atoms with Crippen molar-refractivity contribution in [2.24, 2.45) is 11.7 Å². The summed E-state index contributed by atoms with van der Waals surface area (Å²) in [6.45, 7) is 4.16. The summed E-state index contributed by atoms with van der Waals surface area (Å²) in [6.07, 6.45) is -4.37. The third kappa shape index (κ3) is 4.17. The Balaban J connectivity index is 2.90. The van der Waals surface area contributed by atoms with Crippen LogP contribution in [0.1, 0.15) is 19.4 Å². The predicted octanol–water partition coefficient (Wildman–Crippen LogP) is 3.86. The summed E-state index contributed by atoms with van der Waals surface area (Å²) in [5, 5.41) is 2.77. The molecule has 1 rings (SSSR count). The number of nitrogens with two attached hydrogens (primary N) is 1. The van der Waals surface area contributed by atoms with Crippen molar-refractivity contribution >= 4 is 21.6 Å². The molecule has 0 aromatic heterocycles. The van der Waals surface area contributed by atoms with Crippen LogP contribution in [0.3, 0.4) is 0 Å². The van der Waals surface area contributed by atoms with E-state index in [2.05, 4.69) is 21.2 Å². The number of hydrogen-bond donors (Lipinski definition) is 2. The molecule has 1 atom stereocenters. The second-order valence-corrected chi connectivity index (χ2v) is 5.39. The molecule has 0 saturated carbocycles. The first kappa shape index (κ1) is 15.3. The van der Waals surface area contributed by atoms with Crippen LogP contribution in [-0.4, -0.2) is 12.6 Å². The van der Waals surface area contributed by atoms with Crippen molar-refractivity contribution in [2.45, 2.75) is 26.1 Å². The normalized spacial score (nSPS) is 13.8. The van der Waals surface area contributed by atoms with E-state index in [0.717, 1.165) is 6.07 Å². The second-order valence-electron chi connectivity index (χ2n) is 4.48. The van der Waals surface area contributed by atoms with E-state index in [1.165, 1.54) is 12.1 Å². The molecule has 102 valence electrons. The van der Waals surface area contributed by atoms with Crippen molar-refractivity contribution in [1.82, 2.24) is 0 Å². The Morgan fingerprint density at radius 2 is 1.94 bits per heavy atom. The Morgan fingerprint density at radius 3 is 2.44 bits per heavy atom. The minimum Gasteiger partial charge on any atom is -0.383 e. The molecule has 2 nitrogen and oxygen atoms in total. The summed E-state index contributed by atoms with van der Waals surface area (Å²) >= 11 is 3.16. The molecular weight excluding hydrogens is 309 g/mol. The summed E-state index contributed by atoms with van der Waals surface area (Å²) in [7, 11) is 0. The molecule has 6 heteroatoms. The molecule has 0 aliphatic heterocycles. The fourth-order valence-corrected chi connectivity index (χ4v) is 1.73. The number of hydrogen-bond acceptors (Lipinski definition) is 2. The van der Waals surface area contributed by atoms with Crippen LogP contribution in [0.4, 0.5) is 18.9 Å². The van der Waals surface area contributed by atoms with E-state index in [1.807, 2.05) is 13.8 Å². The maximum atomic E-state index is 12.8. The Labute approximate surface area is 113 Å². The van der Waals surface area contributed by atoms with Crippen molar-refractivity contribution in [2.75, 3.05) is 11.9 Å². The van der Waals surface area contributed by atoms with E-state index >= 15 is 0 Å². The van der Waals surface area contributed by atoms with Crippen molar-refractivity contribution in [3.63, 3.8) is 0 Å². The SMILES string of the molecule is CC(C)C(N)CNc1cc(Br)ccc1C(F)(F)F. The van der Waals surface area contributed by atoms with Gasteiger partial charge in [-0.2, -0.15) is 13.2 Å². The summed E-state index contributed by atoms with van der Waals surface area (Å²) in [5.74, 6) is 0.207. The molecule has 0 amide bonds. The molecule has 18 heavy (non-hydrogen) atoms. The van der Waals surface area contributed by atoms with E-state index in [-0.39, 0.29) is 17.6 Å². The standard InChI is InChI=1S/C12H16BrF3N2/c1-7(2)10(17)6-18-11-5-8(13)3-4-9(11)12(14,15)16/h3-5,7,10,18H,6,17H2,1-2H3. The van der Waals surface area contributed by atoms with Crippen molar-refractivity contribution in [1.29, 1.82) is 0 Å². The van der Waals surface area contributed by atoms with E-state index in [0.29, 0.717) is 11.0 Å². The summed E-state index contributed by atoms with van der Waals surface area (Å²) < 4.78 is 38.9. The lowest BCUT2D eigenvalue weighted by atomic mass is 10.1. The minimum atomic E-state index is -4.37. The minimum absolute atomic E-state index is 0.0491. The molecule has 1 aromatic carbocycles. The number of alkyl halides is 3. The first-order valence-electron chi connectivity index (χ1n) is 5.58.